The maximum Gasteiger partial charge on any atom is 0.387 e. The Morgan fingerprint density at radius 2 is 2.00 bits per heavy atom. The highest BCUT2D eigenvalue weighted by atomic mass is 19.3. The highest BCUT2D eigenvalue weighted by molar-refractivity contribution is 5.92. The first-order valence-corrected chi connectivity index (χ1v) is 7.02. The van der Waals surface area contributed by atoms with Crippen molar-refractivity contribution in [1.29, 1.82) is 0 Å². The number of ether oxygens (including phenoxy) is 1. The molecule has 3 amide bonds. The number of amides is 3. The molecule has 0 saturated carbocycles. The lowest BCUT2D eigenvalue weighted by atomic mass is 10.3. The fourth-order valence-electron chi connectivity index (χ4n) is 1.77. The normalized spacial score (nSPS) is 10.4. The van der Waals surface area contributed by atoms with Crippen LogP contribution in [0.4, 0.5) is 23.7 Å². The van der Waals surface area contributed by atoms with Crippen molar-refractivity contribution in [2.45, 2.75) is 13.2 Å². The molecule has 0 fully saturated rings. The molecule has 0 radical (unpaired) electrons. The van der Waals surface area contributed by atoms with E-state index in [1.807, 2.05) is 0 Å². The summed E-state index contributed by atoms with van der Waals surface area (Å²) >= 11 is 0. The van der Waals surface area contributed by atoms with Crippen LogP contribution >= 0.6 is 0 Å². The Morgan fingerprint density at radius 1 is 1.20 bits per heavy atom. The SMILES string of the molecule is O=C(CNC(=O)Nc1ccc(OC(F)F)c(F)c1)NCc1ccco1. The molecule has 0 aliphatic rings. The van der Waals surface area contributed by atoms with Gasteiger partial charge in [0.1, 0.15) is 5.76 Å². The molecule has 10 heteroatoms. The second kappa shape index (κ2) is 8.62. The summed E-state index contributed by atoms with van der Waals surface area (Å²) in [6.07, 6.45) is 1.46. The zero-order valence-electron chi connectivity index (χ0n) is 12.7. The summed E-state index contributed by atoms with van der Waals surface area (Å²) in [5.74, 6) is -1.61. The standard InChI is InChI=1S/C15H14F3N3O4/c16-11-6-9(3-4-12(11)25-14(17)18)21-15(23)20-8-13(22)19-7-10-2-1-5-24-10/h1-6,14H,7-8H2,(H,19,22)(H2,20,21,23). The molecule has 0 unspecified atom stereocenters. The van der Waals surface area contributed by atoms with Gasteiger partial charge in [-0.2, -0.15) is 8.78 Å². The molecular formula is C15H14F3N3O4. The number of urea groups is 1. The molecule has 25 heavy (non-hydrogen) atoms. The molecule has 0 aliphatic heterocycles. The van der Waals surface area contributed by atoms with Crippen LogP contribution in [0.15, 0.2) is 41.0 Å². The minimum absolute atomic E-state index is 0.00705. The topological polar surface area (TPSA) is 92.6 Å². The molecule has 0 atom stereocenters. The van der Waals surface area contributed by atoms with E-state index in [4.69, 9.17) is 4.42 Å². The maximum absolute atomic E-state index is 13.5. The van der Waals surface area contributed by atoms with Gasteiger partial charge < -0.3 is 25.1 Å². The fourth-order valence-corrected chi connectivity index (χ4v) is 1.77. The molecule has 134 valence electrons. The first-order valence-electron chi connectivity index (χ1n) is 7.02. The minimum atomic E-state index is -3.16. The lowest BCUT2D eigenvalue weighted by Crippen LogP contribution is -2.38. The Labute approximate surface area is 140 Å². The van der Waals surface area contributed by atoms with Gasteiger partial charge in [-0.25, -0.2) is 9.18 Å². The van der Waals surface area contributed by atoms with E-state index in [-0.39, 0.29) is 18.8 Å². The summed E-state index contributed by atoms with van der Waals surface area (Å²) < 4.78 is 46.5. The third-order valence-electron chi connectivity index (χ3n) is 2.86. The highest BCUT2D eigenvalue weighted by Crippen LogP contribution is 2.22. The van der Waals surface area contributed by atoms with Crippen LogP contribution in [-0.4, -0.2) is 25.1 Å². The number of halogens is 3. The van der Waals surface area contributed by atoms with E-state index in [0.717, 1.165) is 12.1 Å². The molecule has 2 rings (SSSR count). The third-order valence-corrected chi connectivity index (χ3v) is 2.86. The molecule has 0 bridgehead atoms. The van der Waals surface area contributed by atoms with E-state index < -0.39 is 30.1 Å². The average molecular weight is 357 g/mol. The van der Waals surface area contributed by atoms with Gasteiger partial charge in [0.05, 0.1) is 19.4 Å². The van der Waals surface area contributed by atoms with E-state index in [2.05, 4.69) is 20.7 Å². The van der Waals surface area contributed by atoms with Crippen molar-refractivity contribution in [1.82, 2.24) is 10.6 Å². The van der Waals surface area contributed by atoms with E-state index >= 15 is 0 Å². The van der Waals surface area contributed by atoms with Crippen LogP contribution in [0.5, 0.6) is 5.75 Å². The number of alkyl halides is 2. The Bertz CT molecular complexity index is 723. The van der Waals surface area contributed by atoms with Gasteiger partial charge in [0.2, 0.25) is 5.91 Å². The zero-order valence-corrected chi connectivity index (χ0v) is 12.7. The summed E-state index contributed by atoms with van der Waals surface area (Å²) in [7, 11) is 0. The predicted octanol–water partition coefficient (Wildman–Crippen LogP) is 2.46. The summed E-state index contributed by atoms with van der Waals surface area (Å²) in [6.45, 7) is -3.30. The van der Waals surface area contributed by atoms with Gasteiger partial charge >= 0.3 is 12.6 Å². The highest BCUT2D eigenvalue weighted by Gasteiger charge is 2.12. The van der Waals surface area contributed by atoms with Crippen LogP contribution in [0.2, 0.25) is 0 Å². The average Bonchev–Trinajstić information content (AvgIpc) is 3.07. The third kappa shape index (κ3) is 6.09. The van der Waals surface area contributed by atoms with Crippen molar-refractivity contribution >= 4 is 17.6 Å². The van der Waals surface area contributed by atoms with Crippen molar-refractivity contribution in [3.63, 3.8) is 0 Å². The summed E-state index contributed by atoms with van der Waals surface area (Å²) in [4.78, 5) is 23.2. The van der Waals surface area contributed by atoms with Crippen molar-refractivity contribution in [2.75, 3.05) is 11.9 Å². The van der Waals surface area contributed by atoms with Gasteiger partial charge in [-0.1, -0.05) is 0 Å². The molecule has 1 aromatic heterocycles. The number of hydrogen-bond acceptors (Lipinski definition) is 4. The molecule has 0 spiro atoms. The van der Waals surface area contributed by atoms with E-state index in [0.29, 0.717) is 5.76 Å². The second-order valence-electron chi connectivity index (χ2n) is 4.69. The lowest BCUT2D eigenvalue weighted by molar-refractivity contribution is -0.120. The molecule has 0 saturated heterocycles. The maximum atomic E-state index is 13.5. The zero-order chi connectivity index (χ0) is 18.2. The Hall–Kier alpha value is -3.17. The quantitative estimate of drug-likeness (QED) is 0.710. The van der Waals surface area contributed by atoms with Crippen LogP contribution in [0, 0.1) is 5.82 Å². The van der Waals surface area contributed by atoms with Crippen LogP contribution < -0.4 is 20.7 Å². The number of nitrogens with one attached hydrogen (secondary N) is 3. The van der Waals surface area contributed by atoms with Crippen LogP contribution in [-0.2, 0) is 11.3 Å². The number of carbonyl (C=O) groups is 2. The van der Waals surface area contributed by atoms with E-state index in [1.165, 1.54) is 12.3 Å². The van der Waals surface area contributed by atoms with Crippen molar-refractivity contribution in [3.05, 3.63) is 48.2 Å². The van der Waals surface area contributed by atoms with Gasteiger partial charge in [0.25, 0.3) is 0 Å². The van der Waals surface area contributed by atoms with Gasteiger partial charge in [-0.05, 0) is 24.3 Å². The molecule has 0 aliphatic carbocycles. The van der Waals surface area contributed by atoms with Crippen LogP contribution in [0.25, 0.3) is 0 Å². The Morgan fingerprint density at radius 3 is 2.64 bits per heavy atom. The largest absolute Gasteiger partial charge is 0.467 e. The van der Waals surface area contributed by atoms with Crippen LogP contribution in [0.3, 0.4) is 0 Å². The molecule has 1 heterocycles. The van der Waals surface area contributed by atoms with Gasteiger partial charge in [0.15, 0.2) is 11.6 Å². The van der Waals surface area contributed by atoms with E-state index in [1.54, 1.807) is 12.1 Å². The first kappa shape index (κ1) is 18.2. The molecular weight excluding hydrogens is 343 g/mol. The second-order valence-corrected chi connectivity index (χ2v) is 4.69. The lowest BCUT2D eigenvalue weighted by Gasteiger charge is -2.10. The molecule has 7 nitrogen and oxygen atoms in total. The fraction of sp³-hybridized carbons (Fsp3) is 0.200. The monoisotopic (exact) mass is 357 g/mol. The molecule has 3 N–H and O–H groups in total. The number of rotatable bonds is 7. The van der Waals surface area contributed by atoms with Gasteiger partial charge in [-0.15, -0.1) is 0 Å². The van der Waals surface area contributed by atoms with Crippen molar-refractivity contribution < 1.29 is 31.9 Å². The number of benzene rings is 1. The summed E-state index contributed by atoms with van der Waals surface area (Å²) in [5.41, 5.74) is 0.00705. The van der Waals surface area contributed by atoms with Crippen LogP contribution in [0.1, 0.15) is 5.76 Å². The smallest absolute Gasteiger partial charge is 0.387 e. The number of carbonyl (C=O) groups excluding carboxylic acids is 2. The molecule has 1 aromatic carbocycles. The van der Waals surface area contributed by atoms with Gasteiger partial charge in [0, 0.05) is 11.8 Å². The van der Waals surface area contributed by atoms with Crippen molar-refractivity contribution in [3.8, 4) is 5.75 Å². The first-order chi connectivity index (χ1) is 11.9. The number of furan rings is 1. The predicted molar refractivity (Wildman–Crippen MR) is 80.6 cm³/mol. The number of hydrogen-bond donors (Lipinski definition) is 3. The van der Waals surface area contributed by atoms with Crippen molar-refractivity contribution in [2.24, 2.45) is 0 Å². The minimum Gasteiger partial charge on any atom is -0.467 e. The Balaban J connectivity index is 1.76. The number of anilines is 1. The van der Waals surface area contributed by atoms with E-state index in [9.17, 15) is 22.8 Å². The summed E-state index contributed by atoms with van der Waals surface area (Å²) in [6, 6.07) is 5.52. The Kier molecular flexibility index (Phi) is 6.26. The summed E-state index contributed by atoms with van der Waals surface area (Å²) in [5, 5.41) is 7.03. The molecule has 2 aromatic rings. The van der Waals surface area contributed by atoms with Gasteiger partial charge in [-0.3, -0.25) is 4.79 Å².